The van der Waals surface area contributed by atoms with Crippen molar-refractivity contribution in [2.45, 2.75) is 52.6 Å². The molecule has 1 aliphatic carbocycles. The van der Waals surface area contributed by atoms with Crippen LogP contribution in [0, 0.1) is 11.7 Å². The molecule has 1 saturated carbocycles. The number of nitrogens with one attached hydrogen (secondary N) is 1. The molecular weight excluding hydrogens is 253 g/mol. The lowest BCUT2D eigenvalue weighted by atomic mass is 10.2. The number of pyridine rings is 1. The molecule has 2 rings (SSSR count). The number of aromatic nitrogens is 1. The molecule has 0 aliphatic heterocycles. The van der Waals surface area contributed by atoms with Crippen molar-refractivity contribution in [3.05, 3.63) is 23.6 Å². The summed E-state index contributed by atoms with van der Waals surface area (Å²) >= 11 is 0. The van der Waals surface area contributed by atoms with Gasteiger partial charge < -0.3 is 10.2 Å². The third kappa shape index (κ3) is 4.17. The Balaban J connectivity index is 2.13. The van der Waals surface area contributed by atoms with Crippen LogP contribution in [0.5, 0.6) is 0 Å². The average molecular weight is 279 g/mol. The van der Waals surface area contributed by atoms with Crippen molar-refractivity contribution in [2.75, 3.05) is 18.0 Å². The normalized spacial score (nSPS) is 14.8. The molecular formula is C16H26FN3. The fourth-order valence-corrected chi connectivity index (χ4v) is 2.45. The summed E-state index contributed by atoms with van der Waals surface area (Å²) in [6.07, 6.45) is 4.90. The minimum Gasteiger partial charge on any atom is -0.353 e. The Morgan fingerprint density at radius 3 is 2.80 bits per heavy atom. The lowest BCUT2D eigenvalue weighted by Crippen LogP contribution is -2.30. The number of hydrogen-bond donors (Lipinski definition) is 1. The van der Waals surface area contributed by atoms with E-state index in [0.717, 1.165) is 30.9 Å². The van der Waals surface area contributed by atoms with Crippen LogP contribution in [0.15, 0.2) is 12.3 Å². The van der Waals surface area contributed by atoms with E-state index in [9.17, 15) is 4.39 Å². The summed E-state index contributed by atoms with van der Waals surface area (Å²) in [5.41, 5.74) is 0.978. The second kappa shape index (κ2) is 7.02. The zero-order chi connectivity index (χ0) is 14.5. The van der Waals surface area contributed by atoms with Crippen molar-refractivity contribution in [3.63, 3.8) is 0 Å². The quantitative estimate of drug-likeness (QED) is 0.791. The van der Waals surface area contributed by atoms with E-state index < -0.39 is 0 Å². The highest BCUT2D eigenvalue weighted by molar-refractivity contribution is 5.49. The highest BCUT2D eigenvalue weighted by Crippen LogP contribution is 2.32. The smallest absolute Gasteiger partial charge is 0.141 e. The molecule has 0 bridgehead atoms. The second-order valence-corrected chi connectivity index (χ2v) is 6.09. The molecule has 0 radical (unpaired) electrons. The number of rotatable bonds is 8. The van der Waals surface area contributed by atoms with E-state index in [0.29, 0.717) is 18.5 Å². The molecule has 1 aromatic heterocycles. The van der Waals surface area contributed by atoms with Crippen LogP contribution in [0.2, 0.25) is 0 Å². The van der Waals surface area contributed by atoms with Crippen LogP contribution in [0.4, 0.5) is 10.2 Å². The fourth-order valence-electron chi connectivity index (χ4n) is 2.45. The largest absolute Gasteiger partial charge is 0.353 e. The Morgan fingerprint density at radius 1 is 1.45 bits per heavy atom. The lowest BCUT2D eigenvalue weighted by molar-refractivity contribution is 0.547. The second-order valence-electron chi connectivity index (χ2n) is 6.09. The summed E-state index contributed by atoms with van der Waals surface area (Å²) in [6, 6.07) is 2.23. The van der Waals surface area contributed by atoms with Crippen molar-refractivity contribution < 1.29 is 4.39 Å². The van der Waals surface area contributed by atoms with Gasteiger partial charge in [0, 0.05) is 24.7 Å². The minimum absolute atomic E-state index is 0.248. The summed E-state index contributed by atoms with van der Waals surface area (Å²) in [5.74, 6) is 1.31. The van der Waals surface area contributed by atoms with Crippen LogP contribution in [-0.2, 0) is 6.54 Å². The fraction of sp³-hybridized carbons (Fsp3) is 0.688. The van der Waals surface area contributed by atoms with Crippen molar-refractivity contribution in [1.82, 2.24) is 10.3 Å². The molecule has 4 heteroatoms. The molecule has 0 amide bonds. The van der Waals surface area contributed by atoms with Gasteiger partial charge in [-0.15, -0.1) is 0 Å². The molecule has 0 unspecified atom stereocenters. The van der Waals surface area contributed by atoms with Gasteiger partial charge in [0.15, 0.2) is 0 Å². The van der Waals surface area contributed by atoms with E-state index in [4.69, 9.17) is 0 Å². The Bertz CT molecular complexity index is 430. The van der Waals surface area contributed by atoms with Crippen molar-refractivity contribution >= 4 is 5.82 Å². The molecule has 0 aromatic carbocycles. The average Bonchev–Trinajstić information content (AvgIpc) is 3.21. The zero-order valence-corrected chi connectivity index (χ0v) is 12.8. The summed E-state index contributed by atoms with van der Waals surface area (Å²) in [7, 11) is 0. The van der Waals surface area contributed by atoms with Gasteiger partial charge in [-0.05, 0) is 37.8 Å². The number of hydrogen-bond acceptors (Lipinski definition) is 3. The molecule has 112 valence electrons. The van der Waals surface area contributed by atoms with Crippen LogP contribution in [0.3, 0.4) is 0 Å². The SMILES string of the molecule is CCCN(c1ncc(F)cc1CNCC(C)C)C1CC1. The summed E-state index contributed by atoms with van der Waals surface area (Å²) in [4.78, 5) is 6.72. The van der Waals surface area contributed by atoms with Gasteiger partial charge >= 0.3 is 0 Å². The molecule has 1 fully saturated rings. The van der Waals surface area contributed by atoms with Gasteiger partial charge in [-0.25, -0.2) is 9.37 Å². The monoisotopic (exact) mass is 279 g/mol. The van der Waals surface area contributed by atoms with Crippen molar-refractivity contribution in [1.29, 1.82) is 0 Å². The van der Waals surface area contributed by atoms with Gasteiger partial charge in [0.1, 0.15) is 11.6 Å². The molecule has 0 atom stereocenters. The summed E-state index contributed by atoms with van der Waals surface area (Å²) in [5, 5.41) is 3.39. The van der Waals surface area contributed by atoms with Gasteiger partial charge in [0.25, 0.3) is 0 Å². The van der Waals surface area contributed by atoms with Gasteiger partial charge in [0.2, 0.25) is 0 Å². The number of anilines is 1. The van der Waals surface area contributed by atoms with Crippen LogP contribution in [0.1, 0.15) is 45.6 Å². The molecule has 3 nitrogen and oxygen atoms in total. The first kappa shape index (κ1) is 15.2. The van der Waals surface area contributed by atoms with Gasteiger partial charge in [-0.2, -0.15) is 0 Å². The Hall–Kier alpha value is -1.16. The molecule has 0 saturated heterocycles. The lowest BCUT2D eigenvalue weighted by Gasteiger charge is -2.25. The maximum absolute atomic E-state index is 13.5. The molecule has 1 N–H and O–H groups in total. The van der Waals surface area contributed by atoms with E-state index in [1.165, 1.54) is 19.0 Å². The van der Waals surface area contributed by atoms with Crippen molar-refractivity contribution in [3.8, 4) is 0 Å². The Labute approximate surface area is 121 Å². The van der Waals surface area contributed by atoms with Gasteiger partial charge in [-0.1, -0.05) is 20.8 Å². The standard InChI is InChI=1S/C16H26FN3/c1-4-7-20(15-5-6-15)16-13(8-14(17)11-19-16)10-18-9-12(2)3/h8,11-12,15,18H,4-7,9-10H2,1-3H3. The predicted molar refractivity (Wildman–Crippen MR) is 81.4 cm³/mol. The summed E-state index contributed by atoms with van der Waals surface area (Å²) in [6.45, 7) is 9.14. The number of halogens is 1. The van der Waals surface area contributed by atoms with E-state index in [1.54, 1.807) is 6.07 Å². The minimum atomic E-state index is -0.248. The van der Waals surface area contributed by atoms with Crippen LogP contribution in [0.25, 0.3) is 0 Å². The molecule has 1 aromatic rings. The van der Waals surface area contributed by atoms with Crippen LogP contribution in [-0.4, -0.2) is 24.1 Å². The molecule has 1 heterocycles. The molecule has 20 heavy (non-hydrogen) atoms. The first-order valence-corrected chi connectivity index (χ1v) is 7.73. The van der Waals surface area contributed by atoms with E-state index in [1.807, 2.05) is 0 Å². The van der Waals surface area contributed by atoms with Crippen LogP contribution >= 0.6 is 0 Å². The maximum atomic E-state index is 13.5. The topological polar surface area (TPSA) is 28.2 Å². The van der Waals surface area contributed by atoms with E-state index in [2.05, 4.69) is 36.0 Å². The molecule has 1 aliphatic rings. The highest BCUT2D eigenvalue weighted by Gasteiger charge is 2.30. The Kier molecular flexibility index (Phi) is 5.35. The first-order valence-electron chi connectivity index (χ1n) is 7.73. The predicted octanol–water partition coefficient (Wildman–Crippen LogP) is 3.35. The first-order chi connectivity index (χ1) is 9.61. The van der Waals surface area contributed by atoms with Gasteiger partial charge in [-0.3, -0.25) is 0 Å². The number of nitrogens with zero attached hydrogens (tertiary/aromatic N) is 2. The molecule has 0 spiro atoms. The zero-order valence-electron chi connectivity index (χ0n) is 12.8. The summed E-state index contributed by atoms with van der Waals surface area (Å²) < 4.78 is 13.5. The maximum Gasteiger partial charge on any atom is 0.141 e. The third-order valence-corrected chi connectivity index (χ3v) is 3.50. The van der Waals surface area contributed by atoms with Crippen LogP contribution < -0.4 is 10.2 Å². The van der Waals surface area contributed by atoms with E-state index >= 15 is 0 Å². The Morgan fingerprint density at radius 2 is 2.20 bits per heavy atom. The van der Waals surface area contributed by atoms with E-state index in [-0.39, 0.29) is 5.82 Å². The third-order valence-electron chi connectivity index (χ3n) is 3.50. The van der Waals surface area contributed by atoms with Crippen molar-refractivity contribution in [2.24, 2.45) is 5.92 Å². The van der Waals surface area contributed by atoms with Gasteiger partial charge in [0.05, 0.1) is 6.20 Å². The highest BCUT2D eigenvalue weighted by atomic mass is 19.1.